The van der Waals surface area contributed by atoms with Gasteiger partial charge in [0.2, 0.25) is 0 Å². The summed E-state index contributed by atoms with van der Waals surface area (Å²) < 4.78 is 4.97. The molecule has 0 aliphatic heterocycles. The minimum absolute atomic E-state index is 0.164. The highest BCUT2D eigenvalue weighted by atomic mass is 35.5. The molecule has 0 aliphatic rings. The quantitative estimate of drug-likeness (QED) is 0.784. The number of halogens is 2. The Bertz CT molecular complexity index is 699. The van der Waals surface area contributed by atoms with Gasteiger partial charge >= 0.3 is 5.97 Å². The molecule has 2 aromatic carbocycles. The number of ether oxygens (including phenoxy) is 1. The number of carbonyl (C=O) groups is 2. The van der Waals surface area contributed by atoms with Crippen LogP contribution in [0.3, 0.4) is 0 Å². The van der Waals surface area contributed by atoms with E-state index in [-0.39, 0.29) is 24.0 Å². The summed E-state index contributed by atoms with van der Waals surface area (Å²) in [5.74, 6) is -0.845. The highest BCUT2D eigenvalue weighted by Crippen LogP contribution is 2.19. The summed E-state index contributed by atoms with van der Waals surface area (Å²) in [6.07, 6.45) is 0. The van der Waals surface area contributed by atoms with Crippen LogP contribution >= 0.6 is 23.2 Å². The number of rotatable bonds is 6. The lowest BCUT2D eigenvalue weighted by Gasteiger charge is -2.13. The van der Waals surface area contributed by atoms with Crippen molar-refractivity contribution in [2.75, 3.05) is 13.2 Å². The summed E-state index contributed by atoms with van der Waals surface area (Å²) in [6, 6.07) is 14.2. The fraction of sp³-hybridized carbons (Fsp3) is 0.222. The maximum atomic E-state index is 11.9. The van der Waals surface area contributed by atoms with E-state index in [4.69, 9.17) is 27.9 Å². The van der Waals surface area contributed by atoms with E-state index in [0.717, 1.165) is 5.56 Å². The van der Waals surface area contributed by atoms with Gasteiger partial charge in [-0.15, -0.1) is 0 Å². The molecular weight excluding hydrogens is 349 g/mol. The van der Waals surface area contributed by atoms with Gasteiger partial charge in [0.1, 0.15) is 0 Å². The summed E-state index contributed by atoms with van der Waals surface area (Å²) in [7, 11) is 0. The smallest absolute Gasteiger partial charge is 0.338 e. The monoisotopic (exact) mass is 365 g/mol. The fourth-order valence-corrected chi connectivity index (χ4v) is 2.63. The van der Waals surface area contributed by atoms with Gasteiger partial charge in [-0.2, -0.15) is 0 Å². The first-order valence-corrected chi connectivity index (χ1v) is 8.16. The van der Waals surface area contributed by atoms with Crippen molar-refractivity contribution < 1.29 is 14.3 Å². The number of carbonyl (C=O) groups excluding carboxylic acids is 2. The van der Waals surface area contributed by atoms with E-state index in [9.17, 15) is 9.59 Å². The van der Waals surface area contributed by atoms with Gasteiger partial charge in [-0.25, -0.2) is 4.79 Å². The maximum absolute atomic E-state index is 11.9. The van der Waals surface area contributed by atoms with Gasteiger partial charge in [-0.1, -0.05) is 60.5 Å². The molecule has 6 heteroatoms. The van der Waals surface area contributed by atoms with Crippen LogP contribution in [0, 0.1) is 0 Å². The van der Waals surface area contributed by atoms with E-state index in [1.165, 1.54) is 18.2 Å². The fourth-order valence-electron chi connectivity index (χ4n) is 2.10. The summed E-state index contributed by atoms with van der Waals surface area (Å²) in [5, 5.41) is 3.40. The summed E-state index contributed by atoms with van der Waals surface area (Å²) in [6.45, 7) is 2.11. The molecule has 0 unspecified atom stereocenters. The molecule has 0 aliphatic carbocycles. The van der Waals surface area contributed by atoms with Crippen LogP contribution in [0.25, 0.3) is 0 Å². The largest absolute Gasteiger partial charge is 0.452 e. The molecule has 0 bridgehead atoms. The van der Waals surface area contributed by atoms with Gasteiger partial charge in [0, 0.05) is 16.6 Å². The molecule has 1 amide bonds. The number of hydrogen-bond acceptors (Lipinski definition) is 3. The van der Waals surface area contributed by atoms with Gasteiger partial charge < -0.3 is 10.1 Å². The zero-order valence-corrected chi connectivity index (χ0v) is 14.6. The minimum atomic E-state index is -0.648. The summed E-state index contributed by atoms with van der Waals surface area (Å²) in [5.41, 5.74) is 1.33. The van der Waals surface area contributed by atoms with E-state index >= 15 is 0 Å². The summed E-state index contributed by atoms with van der Waals surface area (Å²) >= 11 is 11.7. The van der Waals surface area contributed by atoms with Crippen LogP contribution in [0.1, 0.15) is 28.8 Å². The Morgan fingerprint density at radius 3 is 2.33 bits per heavy atom. The van der Waals surface area contributed by atoms with Crippen LogP contribution in [-0.4, -0.2) is 25.0 Å². The molecule has 0 aromatic heterocycles. The van der Waals surface area contributed by atoms with Crippen LogP contribution in [0.5, 0.6) is 0 Å². The molecule has 0 saturated heterocycles. The van der Waals surface area contributed by atoms with E-state index < -0.39 is 5.97 Å². The van der Waals surface area contributed by atoms with Crippen LogP contribution < -0.4 is 5.32 Å². The molecule has 1 N–H and O–H groups in total. The van der Waals surface area contributed by atoms with Crippen LogP contribution in [-0.2, 0) is 9.53 Å². The van der Waals surface area contributed by atoms with Crippen LogP contribution in [0.2, 0.25) is 10.0 Å². The Morgan fingerprint density at radius 2 is 1.71 bits per heavy atom. The molecule has 0 spiro atoms. The van der Waals surface area contributed by atoms with E-state index in [1.54, 1.807) is 0 Å². The van der Waals surface area contributed by atoms with Crippen LogP contribution in [0.4, 0.5) is 0 Å². The van der Waals surface area contributed by atoms with Crippen molar-refractivity contribution in [2.45, 2.75) is 12.8 Å². The third-order valence-corrected chi connectivity index (χ3v) is 3.84. The molecule has 4 nitrogen and oxygen atoms in total. The van der Waals surface area contributed by atoms with Gasteiger partial charge in [-0.05, 0) is 29.7 Å². The second-order valence-corrected chi connectivity index (χ2v) is 6.22. The molecule has 0 radical (unpaired) electrons. The predicted molar refractivity (Wildman–Crippen MR) is 94.6 cm³/mol. The van der Waals surface area contributed by atoms with Gasteiger partial charge in [0.15, 0.2) is 6.61 Å². The number of hydrogen-bond donors (Lipinski definition) is 1. The lowest BCUT2D eigenvalue weighted by Crippen LogP contribution is -2.31. The Labute approximate surface area is 150 Å². The normalized spacial score (nSPS) is 11.6. The van der Waals surface area contributed by atoms with Crippen molar-refractivity contribution in [1.29, 1.82) is 0 Å². The number of amides is 1. The van der Waals surface area contributed by atoms with Crippen molar-refractivity contribution in [3.8, 4) is 0 Å². The highest BCUT2D eigenvalue weighted by molar-refractivity contribution is 6.35. The summed E-state index contributed by atoms with van der Waals surface area (Å²) in [4.78, 5) is 23.7. The third kappa shape index (κ3) is 5.55. The van der Waals surface area contributed by atoms with Crippen molar-refractivity contribution in [3.63, 3.8) is 0 Å². The topological polar surface area (TPSA) is 55.4 Å². The molecule has 2 rings (SSSR count). The van der Waals surface area contributed by atoms with Crippen LogP contribution in [0.15, 0.2) is 48.5 Å². The van der Waals surface area contributed by atoms with Crippen molar-refractivity contribution in [1.82, 2.24) is 5.32 Å². The Morgan fingerprint density at radius 1 is 1.08 bits per heavy atom. The number of esters is 1. The molecule has 0 saturated carbocycles. The molecule has 126 valence electrons. The SMILES string of the molecule is C[C@@H](CNC(=O)COC(=O)c1cc(Cl)cc(Cl)c1)c1ccccc1. The van der Waals surface area contributed by atoms with Crippen molar-refractivity contribution in [2.24, 2.45) is 0 Å². The second kappa shape index (κ2) is 8.71. The van der Waals surface area contributed by atoms with Crippen molar-refractivity contribution in [3.05, 3.63) is 69.7 Å². The third-order valence-electron chi connectivity index (χ3n) is 3.41. The maximum Gasteiger partial charge on any atom is 0.338 e. The first kappa shape index (κ1) is 18.3. The highest BCUT2D eigenvalue weighted by Gasteiger charge is 2.13. The molecule has 1 atom stereocenters. The van der Waals surface area contributed by atoms with E-state index in [2.05, 4.69) is 5.32 Å². The second-order valence-electron chi connectivity index (χ2n) is 5.35. The Balaban J connectivity index is 1.79. The standard InChI is InChI=1S/C18H17Cl2NO3/c1-12(13-5-3-2-4-6-13)10-21-17(22)11-24-18(23)14-7-15(19)9-16(20)8-14/h2-9,12H,10-11H2,1H3,(H,21,22)/t12-/m0/s1. The molecule has 24 heavy (non-hydrogen) atoms. The Hall–Kier alpha value is -2.04. The first-order chi connectivity index (χ1) is 11.5. The predicted octanol–water partition coefficient (Wildman–Crippen LogP) is 4.07. The van der Waals surface area contributed by atoms with Gasteiger partial charge in [0.05, 0.1) is 5.56 Å². The Kier molecular flexibility index (Phi) is 6.64. The first-order valence-electron chi connectivity index (χ1n) is 7.40. The molecule has 0 heterocycles. The van der Waals surface area contributed by atoms with Gasteiger partial charge in [-0.3, -0.25) is 4.79 Å². The van der Waals surface area contributed by atoms with Crippen molar-refractivity contribution >= 4 is 35.1 Å². The average molecular weight is 366 g/mol. The van der Waals surface area contributed by atoms with Gasteiger partial charge in [0.25, 0.3) is 5.91 Å². The molecular formula is C18H17Cl2NO3. The average Bonchev–Trinajstić information content (AvgIpc) is 2.57. The number of nitrogens with one attached hydrogen (secondary N) is 1. The lowest BCUT2D eigenvalue weighted by atomic mass is 10.0. The van der Waals surface area contributed by atoms with E-state index in [0.29, 0.717) is 16.6 Å². The lowest BCUT2D eigenvalue weighted by molar-refractivity contribution is -0.124. The molecule has 0 fully saturated rings. The zero-order chi connectivity index (χ0) is 17.5. The van der Waals surface area contributed by atoms with E-state index in [1.807, 2.05) is 37.3 Å². The zero-order valence-electron chi connectivity index (χ0n) is 13.1. The molecule has 2 aromatic rings. The minimum Gasteiger partial charge on any atom is -0.452 e. The number of benzene rings is 2.